The lowest BCUT2D eigenvalue weighted by atomic mass is 10.5. The van der Waals surface area contributed by atoms with Gasteiger partial charge in [0.1, 0.15) is 6.04 Å². The molecule has 0 bridgehead atoms. The van der Waals surface area contributed by atoms with Crippen LogP contribution < -0.4 is 5.32 Å². The highest BCUT2D eigenvalue weighted by Gasteiger charge is 2.28. The molecule has 0 aromatic rings. The number of rotatable bonds is 1. The van der Waals surface area contributed by atoms with Crippen LogP contribution in [-0.2, 0) is 4.79 Å². The monoisotopic (exact) mass is 83.0 g/mol. The van der Waals surface area contributed by atoms with E-state index in [2.05, 4.69) is 11.9 Å². The van der Waals surface area contributed by atoms with Gasteiger partial charge in [-0.05, 0) is 0 Å². The summed E-state index contributed by atoms with van der Waals surface area (Å²) in [6.45, 7) is 3.39. The summed E-state index contributed by atoms with van der Waals surface area (Å²) in [5.74, 6) is 0.0880. The lowest BCUT2D eigenvalue weighted by Crippen LogP contribution is -1.77. The molecule has 1 amide bonds. The number of hydrogen-bond donors (Lipinski definition) is 1. The minimum absolute atomic E-state index is 0.0231. The van der Waals surface area contributed by atoms with Crippen molar-refractivity contribution in [3.8, 4) is 0 Å². The van der Waals surface area contributed by atoms with E-state index in [-0.39, 0.29) is 11.9 Å². The lowest BCUT2D eigenvalue weighted by molar-refractivity contribution is -0.110. The van der Waals surface area contributed by atoms with E-state index in [1.807, 2.05) is 0 Å². The summed E-state index contributed by atoms with van der Waals surface area (Å²) in [5, 5.41) is 2.52. The average Bonchev–Trinajstić information content (AvgIpc) is 2.19. The summed E-state index contributed by atoms with van der Waals surface area (Å²) in [6, 6.07) is -0.0231. The number of carbonyl (C=O) groups excluding carboxylic acids is 1. The number of nitrogens with one attached hydrogen (secondary N) is 1. The molecule has 1 saturated heterocycles. The van der Waals surface area contributed by atoms with Crippen molar-refractivity contribution in [2.45, 2.75) is 6.04 Å². The molecule has 0 radical (unpaired) electrons. The first-order valence-electron chi connectivity index (χ1n) is 1.77. The summed E-state index contributed by atoms with van der Waals surface area (Å²) < 4.78 is 0. The summed E-state index contributed by atoms with van der Waals surface area (Å²) >= 11 is 0. The van der Waals surface area contributed by atoms with Crippen LogP contribution in [0.4, 0.5) is 0 Å². The van der Waals surface area contributed by atoms with E-state index in [1.165, 1.54) is 0 Å². The summed E-state index contributed by atoms with van der Waals surface area (Å²) in [7, 11) is 0. The van der Waals surface area contributed by atoms with Gasteiger partial charge < -0.3 is 5.32 Å². The zero-order valence-electron chi connectivity index (χ0n) is 3.27. The third-order valence-corrected chi connectivity index (χ3v) is 0.733. The molecule has 6 heavy (non-hydrogen) atoms. The minimum Gasteiger partial charge on any atom is -0.339 e. The smallest absolute Gasteiger partial charge is 0.247 e. The van der Waals surface area contributed by atoms with Crippen LogP contribution in [-0.4, -0.2) is 11.9 Å². The standard InChI is InChI=1S/C4H5NO/c1-2-3-4(6)5-3/h2-3H,1H2,(H,5,6). The molecule has 1 unspecified atom stereocenters. The Hall–Kier alpha value is -0.790. The van der Waals surface area contributed by atoms with Crippen molar-refractivity contribution in [2.24, 2.45) is 0 Å². The zero-order valence-corrected chi connectivity index (χ0v) is 3.27. The topological polar surface area (TPSA) is 39.0 Å². The van der Waals surface area contributed by atoms with Crippen molar-refractivity contribution >= 4 is 5.91 Å². The molecule has 1 aliphatic rings. The molecule has 2 heteroatoms. The predicted molar refractivity (Wildman–Crippen MR) is 22.1 cm³/mol. The molecule has 0 aromatic carbocycles. The van der Waals surface area contributed by atoms with Gasteiger partial charge >= 0.3 is 0 Å². The van der Waals surface area contributed by atoms with Gasteiger partial charge in [0.25, 0.3) is 0 Å². The zero-order chi connectivity index (χ0) is 4.57. The number of carbonyl (C=O) groups is 1. The van der Waals surface area contributed by atoms with Crippen LogP contribution in [0.1, 0.15) is 0 Å². The van der Waals surface area contributed by atoms with Crippen molar-refractivity contribution in [2.75, 3.05) is 0 Å². The van der Waals surface area contributed by atoms with Crippen LogP contribution in [0.25, 0.3) is 0 Å². The molecule has 0 aromatic heterocycles. The van der Waals surface area contributed by atoms with Crippen molar-refractivity contribution in [1.29, 1.82) is 0 Å². The highest BCUT2D eigenvalue weighted by molar-refractivity contribution is 5.98. The molecule has 1 aliphatic heterocycles. The van der Waals surface area contributed by atoms with Crippen LogP contribution in [0.2, 0.25) is 0 Å². The normalized spacial score (nSPS) is 28.7. The fourth-order valence-corrected chi connectivity index (χ4v) is 0.278. The van der Waals surface area contributed by atoms with E-state index in [0.29, 0.717) is 0 Å². The third kappa shape index (κ3) is 0.302. The van der Waals surface area contributed by atoms with E-state index in [1.54, 1.807) is 6.08 Å². The fourth-order valence-electron chi connectivity index (χ4n) is 0.278. The first-order valence-corrected chi connectivity index (χ1v) is 1.77. The Bertz CT molecular complexity index is 97.7. The van der Waals surface area contributed by atoms with E-state index in [0.717, 1.165) is 0 Å². The third-order valence-electron chi connectivity index (χ3n) is 0.733. The van der Waals surface area contributed by atoms with Gasteiger partial charge in [-0.1, -0.05) is 6.08 Å². The SMILES string of the molecule is C=CC1NC1=O. The van der Waals surface area contributed by atoms with Gasteiger partial charge in [-0.25, -0.2) is 0 Å². The first-order chi connectivity index (χ1) is 2.84. The second-order valence-electron chi connectivity index (χ2n) is 1.22. The minimum atomic E-state index is -0.0231. The van der Waals surface area contributed by atoms with Crippen molar-refractivity contribution in [3.05, 3.63) is 12.7 Å². The Morgan fingerprint density at radius 3 is 2.50 bits per heavy atom. The maximum atomic E-state index is 9.94. The van der Waals surface area contributed by atoms with Crippen LogP contribution in [0.3, 0.4) is 0 Å². The molecule has 0 spiro atoms. The molecule has 1 rings (SSSR count). The van der Waals surface area contributed by atoms with Gasteiger partial charge in [0.2, 0.25) is 5.91 Å². The van der Waals surface area contributed by atoms with Crippen LogP contribution >= 0.6 is 0 Å². The van der Waals surface area contributed by atoms with Gasteiger partial charge in [-0.15, -0.1) is 6.58 Å². The van der Waals surface area contributed by atoms with Gasteiger partial charge in [-0.2, -0.15) is 0 Å². The van der Waals surface area contributed by atoms with Gasteiger partial charge in [0.05, 0.1) is 0 Å². The predicted octanol–water partition coefficient (Wildman–Crippen LogP) is -0.329. The second-order valence-corrected chi connectivity index (χ2v) is 1.22. The molecule has 32 valence electrons. The molecule has 1 heterocycles. The maximum Gasteiger partial charge on any atom is 0.247 e. The Morgan fingerprint density at radius 1 is 2.00 bits per heavy atom. The average molecular weight is 83.1 g/mol. The number of amides is 1. The highest BCUT2D eigenvalue weighted by Crippen LogP contribution is 1.97. The molecule has 1 fully saturated rings. The Morgan fingerprint density at radius 2 is 2.50 bits per heavy atom. The summed E-state index contributed by atoms with van der Waals surface area (Å²) in [5.41, 5.74) is 0. The van der Waals surface area contributed by atoms with Crippen LogP contribution in [0.15, 0.2) is 12.7 Å². The largest absolute Gasteiger partial charge is 0.339 e. The lowest BCUT2D eigenvalue weighted by Gasteiger charge is -1.58. The molecule has 0 saturated carbocycles. The Kier molecular flexibility index (Phi) is 0.473. The molecule has 2 nitrogen and oxygen atoms in total. The molecular weight excluding hydrogens is 78.0 g/mol. The van der Waals surface area contributed by atoms with Crippen LogP contribution in [0, 0.1) is 0 Å². The van der Waals surface area contributed by atoms with Gasteiger partial charge in [-0.3, -0.25) is 4.79 Å². The Balaban J connectivity index is 2.44. The van der Waals surface area contributed by atoms with Crippen molar-refractivity contribution in [3.63, 3.8) is 0 Å². The summed E-state index contributed by atoms with van der Waals surface area (Å²) in [6.07, 6.45) is 1.59. The van der Waals surface area contributed by atoms with E-state index in [4.69, 9.17) is 0 Å². The maximum absolute atomic E-state index is 9.94. The Labute approximate surface area is 35.9 Å². The molecule has 1 N–H and O–H groups in total. The van der Waals surface area contributed by atoms with Gasteiger partial charge in [0, 0.05) is 0 Å². The van der Waals surface area contributed by atoms with Crippen LogP contribution in [0.5, 0.6) is 0 Å². The highest BCUT2D eigenvalue weighted by atomic mass is 16.2. The van der Waals surface area contributed by atoms with Crippen molar-refractivity contribution in [1.82, 2.24) is 5.32 Å². The molecule has 1 atom stereocenters. The number of hydrogen-bond acceptors (Lipinski definition) is 1. The van der Waals surface area contributed by atoms with Gasteiger partial charge in [0.15, 0.2) is 0 Å². The molecule has 0 aliphatic carbocycles. The first kappa shape index (κ1) is 3.40. The molecular formula is C4H5NO. The second kappa shape index (κ2) is 0.834. The van der Waals surface area contributed by atoms with E-state index in [9.17, 15) is 4.79 Å². The van der Waals surface area contributed by atoms with E-state index >= 15 is 0 Å². The van der Waals surface area contributed by atoms with E-state index < -0.39 is 0 Å². The van der Waals surface area contributed by atoms with Crippen molar-refractivity contribution < 1.29 is 4.79 Å². The summed E-state index contributed by atoms with van der Waals surface area (Å²) in [4.78, 5) is 9.94. The quantitative estimate of drug-likeness (QED) is 0.342. The fraction of sp³-hybridized carbons (Fsp3) is 0.250.